The average molecular weight is 467 g/mol. The van der Waals surface area contributed by atoms with Gasteiger partial charge in [0, 0.05) is 22.0 Å². The molecule has 32 heavy (non-hydrogen) atoms. The first kappa shape index (κ1) is 22.3. The summed E-state index contributed by atoms with van der Waals surface area (Å²) in [6.07, 6.45) is 2.96. The van der Waals surface area contributed by atoms with Crippen molar-refractivity contribution in [2.24, 2.45) is 0 Å². The molecule has 4 rings (SSSR count). The Kier molecular flexibility index (Phi) is 6.77. The Hall–Kier alpha value is -2.89. The first-order valence-electron chi connectivity index (χ1n) is 10.6. The van der Waals surface area contributed by atoms with Gasteiger partial charge in [0.25, 0.3) is 5.91 Å². The van der Waals surface area contributed by atoms with Crippen molar-refractivity contribution in [2.45, 2.75) is 39.7 Å². The summed E-state index contributed by atoms with van der Waals surface area (Å²) < 4.78 is 2.13. The van der Waals surface area contributed by atoms with Crippen LogP contribution in [-0.2, 0) is 13.0 Å². The molecule has 0 atom stereocenters. The standard InChI is InChI=1S/C25H24Cl2N4O/c1-3-4-9-23-29-22-14-21(30-25(32)17-10-12-19(26)13-11-17)16(2)28-24(22)31(23)15-18-7-5-6-8-20(18)27/h5-8,10-14H,3-4,9,15H2,1-2H3,(H,30,32). The molecule has 0 spiro atoms. The zero-order chi connectivity index (χ0) is 22.7. The van der Waals surface area contributed by atoms with Crippen LogP contribution >= 0.6 is 23.2 Å². The van der Waals surface area contributed by atoms with Gasteiger partial charge in [0.1, 0.15) is 11.3 Å². The van der Waals surface area contributed by atoms with Crippen LogP contribution in [0.3, 0.4) is 0 Å². The van der Waals surface area contributed by atoms with Crippen molar-refractivity contribution < 1.29 is 4.79 Å². The van der Waals surface area contributed by atoms with Gasteiger partial charge in [-0.1, -0.05) is 54.7 Å². The number of fused-ring (bicyclic) bond motifs is 1. The van der Waals surface area contributed by atoms with Crippen molar-refractivity contribution in [1.29, 1.82) is 0 Å². The second-order valence-electron chi connectivity index (χ2n) is 7.73. The minimum Gasteiger partial charge on any atom is -0.320 e. The van der Waals surface area contributed by atoms with E-state index in [0.717, 1.165) is 52.5 Å². The highest BCUT2D eigenvalue weighted by Gasteiger charge is 2.17. The maximum atomic E-state index is 12.7. The summed E-state index contributed by atoms with van der Waals surface area (Å²) in [4.78, 5) is 22.4. The predicted octanol–water partition coefficient (Wildman–Crippen LogP) is 6.69. The Morgan fingerprint density at radius 1 is 1.06 bits per heavy atom. The Bertz CT molecular complexity index is 1270. The van der Waals surface area contributed by atoms with Gasteiger partial charge in [-0.05, 0) is 55.3 Å². The number of halogens is 2. The maximum absolute atomic E-state index is 12.7. The predicted molar refractivity (Wildman–Crippen MR) is 131 cm³/mol. The van der Waals surface area contributed by atoms with Gasteiger partial charge in [-0.3, -0.25) is 4.79 Å². The van der Waals surface area contributed by atoms with Gasteiger partial charge in [0.15, 0.2) is 5.65 Å². The van der Waals surface area contributed by atoms with E-state index in [0.29, 0.717) is 22.8 Å². The van der Waals surface area contributed by atoms with Crippen molar-refractivity contribution in [3.8, 4) is 0 Å². The largest absolute Gasteiger partial charge is 0.320 e. The van der Waals surface area contributed by atoms with Crippen LogP contribution in [0.2, 0.25) is 10.0 Å². The second-order valence-corrected chi connectivity index (χ2v) is 8.58. The molecule has 2 aromatic heterocycles. The quantitative estimate of drug-likeness (QED) is 0.329. The van der Waals surface area contributed by atoms with E-state index in [4.69, 9.17) is 33.2 Å². The van der Waals surface area contributed by atoms with E-state index in [1.54, 1.807) is 24.3 Å². The van der Waals surface area contributed by atoms with Gasteiger partial charge >= 0.3 is 0 Å². The number of aromatic nitrogens is 3. The summed E-state index contributed by atoms with van der Waals surface area (Å²) in [5.41, 5.74) is 4.45. The zero-order valence-corrected chi connectivity index (χ0v) is 19.5. The molecule has 0 aliphatic rings. The number of carbonyl (C=O) groups is 1. The van der Waals surface area contributed by atoms with E-state index in [-0.39, 0.29) is 5.91 Å². The number of pyridine rings is 1. The lowest BCUT2D eigenvalue weighted by atomic mass is 10.2. The number of anilines is 1. The van der Waals surface area contributed by atoms with E-state index in [1.807, 2.05) is 37.3 Å². The lowest BCUT2D eigenvalue weighted by molar-refractivity contribution is 0.102. The Morgan fingerprint density at radius 3 is 2.53 bits per heavy atom. The molecule has 2 aromatic carbocycles. The number of nitrogens with zero attached hydrogens (tertiary/aromatic N) is 3. The number of rotatable bonds is 7. The minimum absolute atomic E-state index is 0.215. The highest BCUT2D eigenvalue weighted by atomic mass is 35.5. The Balaban J connectivity index is 1.70. The fourth-order valence-corrected chi connectivity index (χ4v) is 3.92. The number of imidazole rings is 1. The number of carbonyl (C=O) groups excluding carboxylic acids is 1. The normalized spacial score (nSPS) is 11.1. The van der Waals surface area contributed by atoms with Gasteiger partial charge in [-0.15, -0.1) is 0 Å². The SMILES string of the molecule is CCCCc1nc2cc(NC(=O)c3ccc(Cl)cc3)c(C)nc2n1Cc1ccccc1Cl. The third kappa shape index (κ3) is 4.79. The van der Waals surface area contributed by atoms with Gasteiger partial charge < -0.3 is 9.88 Å². The van der Waals surface area contributed by atoms with Gasteiger partial charge in [-0.25, -0.2) is 9.97 Å². The van der Waals surface area contributed by atoms with Gasteiger partial charge in [-0.2, -0.15) is 0 Å². The number of benzene rings is 2. The van der Waals surface area contributed by atoms with Crippen LogP contribution in [0.5, 0.6) is 0 Å². The summed E-state index contributed by atoms with van der Waals surface area (Å²) in [5, 5.41) is 4.26. The van der Waals surface area contributed by atoms with E-state index in [1.165, 1.54) is 0 Å². The molecule has 1 N–H and O–H groups in total. The lowest BCUT2D eigenvalue weighted by Gasteiger charge is -2.12. The summed E-state index contributed by atoms with van der Waals surface area (Å²) in [6, 6.07) is 16.5. The van der Waals surface area contributed by atoms with E-state index in [2.05, 4.69) is 16.8 Å². The summed E-state index contributed by atoms with van der Waals surface area (Å²) in [7, 11) is 0. The monoisotopic (exact) mass is 466 g/mol. The molecule has 2 heterocycles. The summed E-state index contributed by atoms with van der Waals surface area (Å²) >= 11 is 12.3. The van der Waals surface area contributed by atoms with Crippen molar-refractivity contribution >= 4 is 46.0 Å². The number of amides is 1. The molecule has 0 bridgehead atoms. The third-order valence-electron chi connectivity index (χ3n) is 5.39. The molecule has 0 radical (unpaired) electrons. The molecule has 4 aromatic rings. The van der Waals surface area contributed by atoms with Crippen molar-refractivity contribution in [2.75, 3.05) is 5.32 Å². The van der Waals surface area contributed by atoms with Crippen LogP contribution in [-0.4, -0.2) is 20.4 Å². The van der Waals surface area contributed by atoms with Crippen LogP contribution in [0.4, 0.5) is 5.69 Å². The van der Waals surface area contributed by atoms with Crippen LogP contribution in [0.1, 0.15) is 47.2 Å². The summed E-state index contributed by atoms with van der Waals surface area (Å²) in [5.74, 6) is 0.752. The average Bonchev–Trinajstić information content (AvgIpc) is 3.10. The molecule has 0 aliphatic heterocycles. The van der Waals surface area contributed by atoms with E-state index in [9.17, 15) is 4.79 Å². The molecule has 0 saturated heterocycles. The number of nitrogens with one attached hydrogen (secondary N) is 1. The van der Waals surface area contributed by atoms with Crippen LogP contribution in [0.25, 0.3) is 11.2 Å². The molecule has 0 fully saturated rings. The second kappa shape index (κ2) is 9.72. The molecule has 7 heteroatoms. The van der Waals surface area contributed by atoms with Crippen molar-refractivity contribution in [1.82, 2.24) is 14.5 Å². The van der Waals surface area contributed by atoms with Crippen LogP contribution in [0.15, 0.2) is 54.6 Å². The molecule has 164 valence electrons. The summed E-state index contributed by atoms with van der Waals surface area (Å²) in [6.45, 7) is 4.64. The third-order valence-corrected chi connectivity index (χ3v) is 6.01. The topological polar surface area (TPSA) is 59.8 Å². The van der Waals surface area contributed by atoms with Crippen molar-refractivity contribution in [3.05, 3.63) is 87.3 Å². The minimum atomic E-state index is -0.215. The fraction of sp³-hybridized carbons (Fsp3) is 0.240. The fourth-order valence-electron chi connectivity index (χ4n) is 3.60. The zero-order valence-electron chi connectivity index (χ0n) is 18.0. The first-order chi connectivity index (χ1) is 15.5. The lowest BCUT2D eigenvalue weighted by Crippen LogP contribution is -2.13. The number of aryl methyl sites for hydroxylation is 2. The van der Waals surface area contributed by atoms with Crippen LogP contribution < -0.4 is 5.32 Å². The molecule has 0 aliphatic carbocycles. The Labute approximate surface area is 197 Å². The van der Waals surface area contributed by atoms with Crippen molar-refractivity contribution in [3.63, 3.8) is 0 Å². The molecule has 0 unspecified atom stereocenters. The Morgan fingerprint density at radius 2 is 1.81 bits per heavy atom. The molecule has 5 nitrogen and oxygen atoms in total. The van der Waals surface area contributed by atoms with Crippen LogP contribution in [0, 0.1) is 6.92 Å². The van der Waals surface area contributed by atoms with E-state index >= 15 is 0 Å². The molecular formula is C25H24Cl2N4O. The van der Waals surface area contributed by atoms with Gasteiger partial charge in [0.05, 0.1) is 17.9 Å². The molecule has 0 saturated carbocycles. The number of unbranched alkanes of at least 4 members (excludes halogenated alkanes) is 1. The van der Waals surface area contributed by atoms with Gasteiger partial charge in [0.2, 0.25) is 0 Å². The number of hydrogen-bond acceptors (Lipinski definition) is 3. The highest BCUT2D eigenvalue weighted by molar-refractivity contribution is 6.31. The first-order valence-corrected chi connectivity index (χ1v) is 11.4. The smallest absolute Gasteiger partial charge is 0.255 e. The highest BCUT2D eigenvalue weighted by Crippen LogP contribution is 2.25. The molecular weight excluding hydrogens is 443 g/mol. The van der Waals surface area contributed by atoms with E-state index < -0.39 is 0 Å². The number of hydrogen-bond donors (Lipinski definition) is 1. The molecule has 1 amide bonds. The maximum Gasteiger partial charge on any atom is 0.255 e.